The zero-order valence-corrected chi connectivity index (χ0v) is 12.6. The Balaban J connectivity index is 2.51. The highest BCUT2D eigenvalue weighted by Crippen LogP contribution is 2.34. The van der Waals surface area contributed by atoms with Crippen LogP contribution in [0.15, 0.2) is 0 Å². The van der Waals surface area contributed by atoms with Crippen molar-refractivity contribution in [2.45, 2.75) is 70.6 Å². The average molecular weight is 257 g/mol. The summed E-state index contributed by atoms with van der Waals surface area (Å²) in [7, 11) is 1.74. The number of rotatable bonds is 5. The van der Waals surface area contributed by atoms with Crippen LogP contribution < -0.4 is 5.32 Å². The summed E-state index contributed by atoms with van der Waals surface area (Å²) < 4.78 is 10.9. The van der Waals surface area contributed by atoms with Gasteiger partial charge in [0.2, 0.25) is 0 Å². The molecule has 0 amide bonds. The van der Waals surface area contributed by atoms with E-state index in [4.69, 9.17) is 9.47 Å². The molecule has 0 heterocycles. The van der Waals surface area contributed by atoms with Gasteiger partial charge in [-0.3, -0.25) is 10.1 Å². The van der Waals surface area contributed by atoms with Gasteiger partial charge in [-0.25, -0.2) is 0 Å². The first-order valence-electron chi connectivity index (χ1n) is 6.64. The summed E-state index contributed by atoms with van der Waals surface area (Å²) in [6.45, 7) is 10.0. The molecular formula is C14H27NO3. The molecular weight excluding hydrogens is 230 g/mol. The fourth-order valence-corrected chi connectivity index (χ4v) is 1.88. The van der Waals surface area contributed by atoms with Crippen molar-refractivity contribution in [2.24, 2.45) is 0 Å². The Morgan fingerprint density at radius 3 is 2.11 bits per heavy atom. The van der Waals surface area contributed by atoms with Crippen molar-refractivity contribution in [3.63, 3.8) is 0 Å². The maximum absolute atomic E-state index is 12.1. The number of hydrogen-bond donors (Lipinski definition) is 1. The van der Waals surface area contributed by atoms with E-state index in [9.17, 15) is 4.79 Å². The van der Waals surface area contributed by atoms with Gasteiger partial charge in [-0.1, -0.05) is 0 Å². The van der Waals surface area contributed by atoms with Gasteiger partial charge in [-0.15, -0.1) is 0 Å². The number of nitrogens with one attached hydrogen (secondary N) is 1. The van der Waals surface area contributed by atoms with Crippen LogP contribution in [0.2, 0.25) is 0 Å². The molecule has 0 unspecified atom stereocenters. The van der Waals surface area contributed by atoms with E-state index in [1.807, 2.05) is 34.6 Å². The maximum atomic E-state index is 12.1. The van der Waals surface area contributed by atoms with Crippen LogP contribution in [0.3, 0.4) is 0 Å². The Labute approximate surface area is 110 Å². The summed E-state index contributed by atoms with van der Waals surface area (Å²) in [4.78, 5) is 12.1. The number of carbonyl (C=O) groups excluding carboxylic acids is 1. The quantitative estimate of drug-likeness (QED) is 0.768. The summed E-state index contributed by atoms with van der Waals surface area (Å²) in [6, 6.07) is 0. The van der Waals surface area contributed by atoms with Crippen LogP contribution in [-0.4, -0.2) is 36.4 Å². The lowest BCUT2D eigenvalue weighted by Gasteiger charge is -2.42. The van der Waals surface area contributed by atoms with Gasteiger partial charge in [0.15, 0.2) is 0 Å². The van der Waals surface area contributed by atoms with E-state index in [2.05, 4.69) is 5.32 Å². The fraction of sp³-hybridized carbons (Fsp3) is 0.929. The lowest BCUT2D eigenvalue weighted by molar-refractivity contribution is -0.162. The van der Waals surface area contributed by atoms with Crippen LogP contribution in [0, 0.1) is 0 Å². The van der Waals surface area contributed by atoms with Gasteiger partial charge in [0.25, 0.3) is 0 Å². The van der Waals surface area contributed by atoms with Crippen molar-refractivity contribution in [3.8, 4) is 0 Å². The minimum Gasteiger partial charge on any atom is -0.459 e. The molecule has 18 heavy (non-hydrogen) atoms. The Hall–Kier alpha value is -0.610. The van der Waals surface area contributed by atoms with Crippen molar-refractivity contribution < 1.29 is 14.3 Å². The molecule has 4 nitrogen and oxygen atoms in total. The van der Waals surface area contributed by atoms with E-state index in [0.29, 0.717) is 6.54 Å². The number of carbonyl (C=O) groups is 1. The summed E-state index contributed by atoms with van der Waals surface area (Å²) in [5, 5.41) is 3.28. The zero-order chi connectivity index (χ0) is 14.0. The molecule has 1 saturated carbocycles. The van der Waals surface area contributed by atoms with Gasteiger partial charge in [0.1, 0.15) is 11.1 Å². The predicted octanol–water partition coefficient (Wildman–Crippen LogP) is 2.27. The van der Waals surface area contributed by atoms with E-state index in [-0.39, 0.29) is 11.6 Å². The lowest BCUT2D eigenvalue weighted by atomic mass is 9.79. The largest absolute Gasteiger partial charge is 0.459 e. The molecule has 0 bridgehead atoms. The third-order valence-corrected chi connectivity index (χ3v) is 3.46. The first kappa shape index (κ1) is 15.4. The highest BCUT2D eigenvalue weighted by atomic mass is 16.6. The SMILES string of the molecule is COC1(CNC(C)(C)C(=O)OC(C)(C)C)CCC1. The standard InChI is InChI=1S/C14H27NO3/c1-12(2,3)18-11(16)13(4,5)15-10-14(17-6)8-7-9-14/h15H,7-10H2,1-6H3. The molecule has 0 saturated heterocycles. The third kappa shape index (κ3) is 3.95. The van der Waals surface area contributed by atoms with Crippen LogP contribution in [-0.2, 0) is 14.3 Å². The minimum atomic E-state index is -0.686. The molecule has 0 aromatic rings. The summed E-state index contributed by atoms with van der Waals surface area (Å²) in [6.07, 6.45) is 3.31. The Kier molecular flexibility index (Phi) is 4.44. The van der Waals surface area contributed by atoms with Crippen molar-refractivity contribution >= 4 is 5.97 Å². The number of hydrogen-bond acceptors (Lipinski definition) is 4. The van der Waals surface area contributed by atoms with E-state index >= 15 is 0 Å². The lowest BCUT2D eigenvalue weighted by Crippen LogP contribution is -2.57. The van der Waals surface area contributed by atoms with Crippen molar-refractivity contribution in [3.05, 3.63) is 0 Å². The van der Waals surface area contributed by atoms with Crippen molar-refractivity contribution in [2.75, 3.05) is 13.7 Å². The van der Waals surface area contributed by atoms with Crippen molar-refractivity contribution in [1.82, 2.24) is 5.32 Å². The minimum absolute atomic E-state index is 0.0840. The highest BCUT2D eigenvalue weighted by Gasteiger charge is 2.40. The molecule has 1 rings (SSSR count). The maximum Gasteiger partial charge on any atom is 0.326 e. The van der Waals surface area contributed by atoms with E-state index < -0.39 is 11.1 Å². The fourth-order valence-electron chi connectivity index (χ4n) is 1.88. The monoisotopic (exact) mass is 257 g/mol. The van der Waals surface area contributed by atoms with Crippen LogP contribution in [0.1, 0.15) is 53.9 Å². The van der Waals surface area contributed by atoms with E-state index in [1.54, 1.807) is 7.11 Å². The van der Waals surface area contributed by atoms with Crippen molar-refractivity contribution in [1.29, 1.82) is 0 Å². The van der Waals surface area contributed by atoms with Crippen LogP contribution >= 0.6 is 0 Å². The molecule has 0 atom stereocenters. The smallest absolute Gasteiger partial charge is 0.326 e. The number of ether oxygens (including phenoxy) is 2. The second-order valence-corrected chi connectivity index (χ2v) is 6.72. The van der Waals surface area contributed by atoms with Gasteiger partial charge in [0, 0.05) is 13.7 Å². The van der Waals surface area contributed by atoms with Crippen LogP contribution in [0.25, 0.3) is 0 Å². The second kappa shape index (κ2) is 5.17. The zero-order valence-electron chi connectivity index (χ0n) is 12.6. The molecule has 1 aliphatic rings. The average Bonchev–Trinajstić information content (AvgIpc) is 2.13. The molecule has 0 spiro atoms. The van der Waals surface area contributed by atoms with Crippen LogP contribution in [0.5, 0.6) is 0 Å². The number of esters is 1. The molecule has 0 aliphatic heterocycles. The first-order chi connectivity index (χ1) is 8.10. The molecule has 1 aliphatic carbocycles. The Morgan fingerprint density at radius 1 is 1.22 bits per heavy atom. The molecule has 106 valence electrons. The first-order valence-corrected chi connectivity index (χ1v) is 6.64. The predicted molar refractivity (Wildman–Crippen MR) is 71.5 cm³/mol. The summed E-state index contributed by atoms with van der Waals surface area (Å²) in [5.41, 5.74) is -1.22. The molecule has 0 aromatic heterocycles. The molecule has 1 N–H and O–H groups in total. The molecule has 0 aromatic carbocycles. The Bertz CT molecular complexity index is 295. The molecule has 0 radical (unpaired) electrons. The third-order valence-electron chi connectivity index (χ3n) is 3.46. The summed E-state index contributed by atoms with van der Waals surface area (Å²) >= 11 is 0. The van der Waals surface area contributed by atoms with Crippen LogP contribution in [0.4, 0.5) is 0 Å². The van der Waals surface area contributed by atoms with Gasteiger partial charge in [-0.2, -0.15) is 0 Å². The molecule has 1 fully saturated rings. The van der Waals surface area contributed by atoms with E-state index in [0.717, 1.165) is 12.8 Å². The Morgan fingerprint density at radius 2 is 1.78 bits per heavy atom. The van der Waals surface area contributed by atoms with Gasteiger partial charge in [-0.05, 0) is 53.9 Å². The second-order valence-electron chi connectivity index (χ2n) is 6.72. The number of methoxy groups -OCH3 is 1. The van der Waals surface area contributed by atoms with E-state index in [1.165, 1.54) is 6.42 Å². The normalized spacial score (nSPS) is 19.2. The van der Waals surface area contributed by atoms with Gasteiger partial charge >= 0.3 is 5.97 Å². The van der Waals surface area contributed by atoms with Gasteiger partial charge in [0.05, 0.1) is 5.60 Å². The van der Waals surface area contributed by atoms with Gasteiger partial charge < -0.3 is 9.47 Å². The summed E-state index contributed by atoms with van der Waals surface area (Å²) in [5.74, 6) is -0.222. The highest BCUT2D eigenvalue weighted by molar-refractivity contribution is 5.80. The topological polar surface area (TPSA) is 47.6 Å². The molecule has 4 heteroatoms.